The Kier molecular flexibility index (Phi) is 4.75. The summed E-state index contributed by atoms with van der Waals surface area (Å²) in [6, 6.07) is 0.231. The maximum absolute atomic E-state index is 12.4. The van der Waals surface area contributed by atoms with Gasteiger partial charge in [-0.15, -0.1) is 0 Å². The molecule has 2 unspecified atom stereocenters. The van der Waals surface area contributed by atoms with Crippen molar-refractivity contribution in [3.05, 3.63) is 0 Å². The van der Waals surface area contributed by atoms with Crippen molar-refractivity contribution in [2.24, 2.45) is 5.92 Å². The van der Waals surface area contributed by atoms with Crippen LogP contribution in [0.2, 0.25) is 0 Å². The van der Waals surface area contributed by atoms with Gasteiger partial charge in [0, 0.05) is 31.9 Å². The highest BCUT2D eigenvalue weighted by molar-refractivity contribution is 5.88. The van der Waals surface area contributed by atoms with Gasteiger partial charge < -0.3 is 9.64 Å². The molecular weight excluding hydrogens is 230 g/mol. The molecule has 0 aromatic rings. The van der Waals surface area contributed by atoms with Gasteiger partial charge in [-0.3, -0.25) is 9.59 Å². The first-order valence-electron chi connectivity index (χ1n) is 7.12. The average Bonchev–Trinajstić information content (AvgIpc) is 2.83. The van der Waals surface area contributed by atoms with E-state index in [0.29, 0.717) is 26.1 Å². The molecule has 102 valence electrons. The van der Waals surface area contributed by atoms with Gasteiger partial charge in [0.15, 0.2) is 0 Å². The molecule has 1 saturated heterocycles. The molecule has 2 rings (SSSR count). The Morgan fingerprint density at radius 3 is 2.94 bits per heavy atom. The van der Waals surface area contributed by atoms with Crippen LogP contribution in [0.4, 0.5) is 0 Å². The van der Waals surface area contributed by atoms with Crippen molar-refractivity contribution in [3.8, 4) is 0 Å². The Morgan fingerprint density at radius 1 is 1.39 bits per heavy atom. The molecule has 2 atom stereocenters. The first-order valence-corrected chi connectivity index (χ1v) is 7.12. The standard InChI is InChI=1S/C14H23NO3/c1-2-18-10-12-6-4-8-15(12)14(17)11-5-3-7-13(16)9-11/h11-12H,2-10H2,1H3. The molecule has 0 spiro atoms. The van der Waals surface area contributed by atoms with E-state index < -0.39 is 0 Å². The van der Waals surface area contributed by atoms with Gasteiger partial charge >= 0.3 is 0 Å². The number of carbonyl (C=O) groups excluding carboxylic acids is 2. The fourth-order valence-electron chi connectivity index (χ4n) is 3.02. The first-order chi connectivity index (χ1) is 8.72. The van der Waals surface area contributed by atoms with Crippen molar-refractivity contribution < 1.29 is 14.3 Å². The van der Waals surface area contributed by atoms with Gasteiger partial charge in [0.05, 0.1) is 12.6 Å². The highest BCUT2D eigenvalue weighted by Gasteiger charge is 2.35. The zero-order valence-corrected chi connectivity index (χ0v) is 11.2. The number of rotatable bonds is 4. The van der Waals surface area contributed by atoms with Gasteiger partial charge in [-0.05, 0) is 32.6 Å². The number of Topliss-reactive ketones (excluding diaryl/α,β-unsaturated/α-hetero) is 1. The second-order valence-electron chi connectivity index (χ2n) is 5.32. The SMILES string of the molecule is CCOCC1CCCN1C(=O)C1CCCC(=O)C1. The number of likely N-dealkylation sites (tertiary alicyclic amines) is 1. The van der Waals surface area contributed by atoms with Gasteiger partial charge in [0.1, 0.15) is 5.78 Å². The van der Waals surface area contributed by atoms with Crippen LogP contribution in [0.5, 0.6) is 0 Å². The first kappa shape index (κ1) is 13.5. The molecule has 1 amide bonds. The number of hydrogen-bond donors (Lipinski definition) is 0. The van der Waals surface area contributed by atoms with Gasteiger partial charge in [0.2, 0.25) is 5.91 Å². The lowest BCUT2D eigenvalue weighted by Crippen LogP contribution is -2.43. The third-order valence-corrected chi connectivity index (χ3v) is 4.01. The third kappa shape index (κ3) is 3.10. The van der Waals surface area contributed by atoms with Crippen LogP contribution in [0, 0.1) is 5.92 Å². The maximum atomic E-state index is 12.4. The highest BCUT2D eigenvalue weighted by Crippen LogP contribution is 2.27. The van der Waals surface area contributed by atoms with Crippen molar-refractivity contribution in [2.75, 3.05) is 19.8 Å². The molecule has 2 aliphatic rings. The van der Waals surface area contributed by atoms with Gasteiger partial charge in [-0.2, -0.15) is 0 Å². The minimum atomic E-state index is -0.0616. The minimum absolute atomic E-state index is 0.0616. The molecule has 0 bridgehead atoms. The molecular formula is C14H23NO3. The van der Waals surface area contributed by atoms with Gasteiger partial charge in [-0.25, -0.2) is 0 Å². The van der Waals surface area contributed by atoms with E-state index in [1.807, 2.05) is 11.8 Å². The van der Waals surface area contributed by atoms with E-state index in [1.54, 1.807) is 0 Å². The van der Waals surface area contributed by atoms with Crippen molar-refractivity contribution in [1.82, 2.24) is 4.90 Å². The summed E-state index contributed by atoms with van der Waals surface area (Å²) in [5.41, 5.74) is 0. The lowest BCUT2D eigenvalue weighted by Gasteiger charge is -2.30. The van der Waals surface area contributed by atoms with Crippen LogP contribution in [0.1, 0.15) is 45.4 Å². The zero-order valence-electron chi connectivity index (χ0n) is 11.2. The Labute approximate surface area is 109 Å². The Balaban J connectivity index is 1.92. The van der Waals surface area contributed by atoms with E-state index >= 15 is 0 Å². The molecule has 18 heavy (non-hydrogen) atoms. The number of amides is 1. The second kappa shape index (κ2) is 6.32. The zero-order chi connectivity index (χ0) is 13.0. The van der Waals surface area contributed by atoms with Crippen LogP contribution in [0.25, 0.3) is 0 Å². The van der Waals surface area contributed by atoms with E-state index in [2.05, 4.69) is 0 Å². The predicted octanol–water partition coefficient (Wildman–Crippen LogP) is 1.77. The summed E-state index contributed by atoms with van der Waals surface area (Å²) in [5, 5.41) is 0. The van der Waals surface area contributed by atoms with Crippen molar-refractivity contribution >= 4 is 11.7 Å². The van der Waals surface area contributed by atoms with E-state index in [4.69, 9.17) is 4.74 Å². The molecule has 2 fully saturated rings. The van der Waals surface area contributed by atoms with Gasteiger partial charge in [-0.1, -0.05) is 0 Å². The van der Waals surface area contributed by atoms with Crippen molar-refractivity contribution in [1.29, 1.82) is 0 Å². The van der Waals surface area contributed by atoms with E-state index in [-0.39, 0.29) is 23.7 Å². The fraction of sp³-hybridized carbons (Fsp3) is 0.857. The fourth-order valence-corrected chi connectivity index (χ4v) is 3.02. The monoisotopic (exact) mass is 253 g/mol. The van der Waals surface area contributed by atoms with Crippen molar-refractivity contribution in [2.45, 2.75) is 51.5 Å². The lowest BCUT2D eigenvalue weighted by atomic mass is 9.87. The number of nitrogens with zero attached hydrogens (tertiary/aromatic N) is 1. The van der Waals surface area contributed by atoms with Crippen LogP contribution >= 0.6 is 0 Å². The number of carbonyl (C=O) groups is 2. The van der Waals surface area contributed by atoms with Crippen molar-refractivity contribution in [3.63, 3.8) is 0 Å². The summed E-state index contributed by atoms with van der Waals surface area (Å²) in [6.45, 7) is 4.14. The molecule has 1 aliphatic carbocycles. The summed E-state index contributed by atoms with van der Waals surface area (Å²) in [7, 11) is 0. The molecule has 0 radical (unpaired) electrons. The molecule has 0 N–H and O–H groups in total. The van der Waals surface area contributed by atoms with Crippen LogP contribution in [-0.2, 0) is 14.3 Å². The Morgan fingerprint density at radius 2 is 2.22 bits per heavy atom. The van der Waals surface area contributed by atoms with Gasteiger partial charge in [0.25, 0.3) is 0 Å². The topological polar surface area (TPSA) is 46.6 Å². The maximum Gasteiger partial charge on any atom is 0.226 e. The Hall–Kier alpha value is -0.900. The third-order valence-electron chi connectivity index (χ3n) is 4.01. The summed E-state index contributed by atoms with van der Waals surface area (Å²) in [6.07, 6.45) is 4.96. The normalized spacial score (nSPS) is 28.7. The second-order valence-corrected chi connectivity index (χ2v) is 5.32. The van der Waals surface area contributed by atoms with Crippen LogP contribution in [0.3, 0.4) is 0 Å². The summed E-state index contributed by atoms with van der Waals surface area (Å²) in [4.78, 5) is 25.8. The molecule has 1 saturated carbocycles. The lowest BCUT2D eigenvalue weighted by molar-refractivity contribution is -0.141. The largest absolute Gasteiger partial charge is 0.380 e. The highest BCUT2D eigenvalue weighted by atomic mass is 16.5. The van der Waals surface area contributed by atoms with E-state index in [9.17, 15) is 9.59 Å². The smallest absolute Gasteiger partial charge is 0.226 e. The molecule has 1 heterocycles. The minimum Gasteiger partial charge on any atom is -0.380 e. The van der Waals surface area contributed by atoms with Crippen LogP contribution in [0.15, 0.2) is 0 Å². The Bertz CT molecular complexity index is 316. The molecule has 1 aliphatic heterocycles. The predicted molar refractivity (Wildman–Crippen MR) is 68.2 cm³/mol. The number of ketones is 1. The molecule has 4 nitrogen and oxygen atoms in total. The van der Waals surface area contributed by atoms with Crippen LogP contribution < -0.4 is 0 Å². The molecule has 0 aromatic carbocycles. The quantitative estimate of drug-likeness (QED) is 0.767. The summed E-state index contributed by atoms with van der Waals surface area (Å²) >= 11 is 0. The molecule has 4 heteroatoms. The number of hydrogen-bond acceptors (Lipinski definition) is 3. The van der Waals surface area contributed by atoms with E-state index in [0.717, 1.165) is 32.2 Å². The summed E-state index contributed by atoms with van der Waals surface area (Å²) < 4.78 is 5.45. The molecule has 0 aromatic heterocycles. The number of ether oxygens (including phenoxy) is 1. The summed E-state index contributed by atoms with van der Waals surface area (Å²) in [5.74, 6) is 0.374. The van der Waals surface area contributed by atoms with E-state index in [1.165, 1.54) is 0 Å². The van der Waals surface area contributed by atoms with Crippen LogP contribution in [-0.4, -0.2) is 42.4 Å². The average molecular weight is 253 g/mol.